The van der Waals surface area contributed by atoms with Crippen molar-refractivity contribution in [2.75, 3.05) is 13.2 Å². The van der Waals surface area contributed by atoms with Gasteiger partial charge in [-0.3, -0.25) is 4.98 Å². The maximum atomic E-state index is 7.37. The Morgan fingerprint density at radius 3 is 2.10 bits per heavy atom. The van der Waals surface area contributed by atoms with E-state index in [0.29, 0.717) is 5.92 Å². The van der Waals surface area contributed by atoms with Crippen LogP contribution in [0.2, 0.25) is 18.1 Å². The van der Waals surface area contributed by atoms with Crippen molar-refractivity contribution in [1.29, 1.82) is 0 Å². The van der Waals surface area contributed by atoms with E-state index in [0.717, 1.165) is 38.9 Å². The summed E-state index contributed by atoms with van der Waals surface area (Å²) in [5.41, 5.74) is 8.95. The molecule has 0 saturated carbocycles. The second-order valence-corrected chi connectivity index (χ2v) is 21.4. The highest BCUT2D eigenvalue weighted by Gasteiger charge is 2.53. The molecule has 1 aromatic heterocycles. The highest BCUT2D eigenvalue weighted by molar-refractivity contribution is 6.74. The van der Waals surface area contributed by atoms with Gasteiger partial charge < -0.3 is 13.9 Å². The van der Waals surface area contributed by atoms with Crippen LogP contribution in [0.25, 0.3) is 0 Å². The van der Waals surface area contributed by atoms with Crippen LogP contribution >= 0.6 is 0 Å². The van der Waals surface area contributed by atoms with Crippen LogP contribution in [0.4, 0.5) is 0 Å². The van der Waals surface area contributed by atoms with E-state index >= 15 is 0 Å². The van der Waals surface area contributed by atoms with Crippen LogP contribution < -0.4 is 0 Å². The molecule has 1 fully saturated rings. The molecule has 0 bridgehead atoms. The molecule has 1 aliphatic carbocycles. The zero-order valence-electron chi connectivity index (χ0n) is 28.0. The molecule has 1 spiro atoms. The summed E-state index contributed by atoms with van der Waals surface area (Å²) in [5.74, 6) is 0.300. The van der Waals surface area contributed by atoms with Crippen molar-refractivity contribution in [3.05, 3.63) is 63.5 Å². The summed E-state index contributed by atoms with van der Waals surface area (Å²) in [6.07, 6.45) is 3.64. The van der Waals surface area contributed by atoms with Crippen LogP contribution in [0.1, 0.15) is 146 Å². The lowest BCUT2D eigenvalue weighted by Crippen LogP contribution is -2.45. The quantitative estimate of drug-likeness (QED) is 0.339. The second-order valence-electron chi connectivity index (χ2n) is 16.7. The average Bonchev–Trinajstić information content (AvgIpc) is 3.15. The lowest BCUT2D eigenvalue weighted by atomic mass is 9.70. The van der Waals surface area contributed by atoms with Crippen LogP contribution in [0.15, 0.2) is 24.3 Å². The third-order valence-corrected chi connectivity index (χ3v) is 14.8. The van der Waals surface area contributed by atoms with Gasteiger partial charge in [0.2, 0.25) is 0 Å². The van der Waals surface area contributed by atoms with Crippen LogP contribution in [0, 0.1) is 5.41 Å². The van der Waals surface area contributed by atoms with Gasteiger partial charge in [0.1, 0.15) is 6.10 Å². The van der Waals surface area contributed by atoms with Crippen molar-refractivity contribution in [2.45, 2.75) is 142 Å². The van der Waals surface area contributed by atoms with Gasteiger partial charge in [0.25, 0.3) is 0 Å². The number of fused-ring (bicyclic) bond motifs is 4. The summed E-state index contributed by atoms with van der Waals surface area (Å²) in [6, 6.07) is 9.17. The van der Waals surface area contributed by atoms with E-state index in [1.807, 2.05) is 0 Å². The Kier molecular flexibility index (Phi) is 7.75. The highest BCUT2D eigenvalue weighted by Crippen LogP contribution is 2.59. The fraction of sp³-hybridized carbons (Fsp3) is 0.694. The van der Waals surface area contributed by atoms with Gasteiger partial charge in [-0.05, 0) is 64.4 Å². The van der Waals surface area contributed by atoms with Crippen molar-refractivity contribution >= 4 is 8.32 Å². The van der Waals surface area contributed by atoms with Crippen molar-refractivity contribution in [2.24, 2.45) is 5.41 Å². The lowest BCUT2D eigenvalue weighted by molar-refractivity contribution is -0.122. The van der Waals surface area contributed by atoms with Gasteiger partial charge in [0.15, 0.2) is 8.32 Å². The third-order valence-electron chi connectivity index (χ3n) is 10.3. The van der Waals surface area contributed by atoms with Crippen LogP contribution in [0.5, 0.6) is 0 Å². The van der Waals surface area contributed by atoms with Gasteiger partial charge in [-0.25, -0.2) is 0 Å². The normalized spacial score (nSPS) is 24.0. The number of pyridine rings is 1. The zero-order chi connectivity index (χ0) is 30.2. The van der Waals surface area contributed by atoms with Crippen LogP contribution in [0.3, 0.4) is 0 Å². The first-order valence-electron chi connectivity index (χ1n) is 16.0. The van der Waals surface area contributed by atoms with E-state index in [2.05, 4.69) is 107 Å². The van der Waals surface area contributed by atoms with Crippen LogP contribution in [-0.4, -0.2) is 26.5 Å². The van der Waals surface area contributed by atoms with Crippen molar-refractivity contribution < 1.29 is 13.9 Å². The molecular formula is C36H55NO3Si. The molecule has 0 N–H and O–H groups in total. The third kappa shape index (κ3) is 5.61. The minimum atomic E-state index is -2.05. The van der Waals surface area contributed by atoms with Crippen molar-refractivity contribution in [3.8, 4) is 0 Å². The molecule has 0 radical (unpaired) electrons. The highest BCUT2D eigenvalue weighted by atomic mass is 28.4. The molecule has 2 aliphatic heterocycles. The van der Waals surface area contributed by atoms with Crippen molar-refractivity contribution in [1.82, 2.24) is 4.98 Å². The summed E-state index contributed by atoms with van der Waals surface area (Å²) in [6.45, 7) is 29.5. The van der Waals surface area contributed by atoms with Gasteiger partial charge in [-0.15, -0.1) is 0 Å². The molecule has 1 saturated heterocycles. The molecule has 1 aromatic carbocycles. The summed E-state index contributed by atoms with van der Waals surface area (Å²) < 4.78 is 20.7. The topological polar surface area (TPSA) is 40.6 Å². The predicted octanol–water partition coefficient (Wildman–Crippen LogP) is 9.66. The average molecular weight is 578 g/mol. The SMILES string of the molecule is CC(C)c1nc2c(c3c1C(c1ccc(C(C)(C)C)cc1)OC31CCOCC1)C(O[Si](C)(C)C(C)(C)C)CC(C)(C)C2. The van der Waals surface area contributed by atoms with E-state index in [4.69, 9.17) is 18.9 Å². The van der Waals surface area contributed by atoms with E-state index in [1.165, 1.54) is 39.2 Å². The minimum Gasteiger partial charge on any atom is -0.410 e. The fourth-order valence-corrected chi connectivity index (χ4v) is 8.19. The number of benzene rings is 1. The Balaban J connectivity index is 1.76. The number of aromatic nitrogens is 1. The molecule has 2 aromatic rings. The lowest BCUT2D eigenvalue weighted by Gasteiger charge is -2.46. The summed E-state index contributed by atoms with van der Waals surface area (Å²) in [4.78, 5) is 5.56. The first-order valence-corrected chi connectivity index (χ1v) is 18.9. The standard InChI is InChI=1S/C36H55NO3Si/c1-23(2)31-29-30(28-26(37-31)21-35(9,10)22-27(28)40-41(11,12)34(6,7)8)36(17-19-38-20-18-36)39-32(29)24-13-15-25(16-14-24)33(3,4)5/h13-16,23,27,32H,17-22H2,1-12H3. The van der Waals surface area contributed by atoms with E-state index in [-0.39, 0.29) is 33.7 Å². The predicted molar refractivity (Wildman–Crippen MR) is 171 cm³/mol. The molecule has 41 heavy (non-hydrogen) atoms. The van der Waals surface area contributed by atoms with E-state index in [9.17, 15) is 0 Å². The van der Waals surface area contributed by atoms with E-state index < -0.39 is 8.32 Å². The summed E-state index contributed by atoms with van der Waals surface area (Å²) >= 11 is 0. The molecule has 5 heteroatoms. The molecule has 0 amide bonds. The smallest absolute Gasteiger partial charge is 0.192 e. The number of rotatable bonds is 4. The Hall–Kier alpha value is -1.53. The maximum absolute atomic E-state index is 7.37. The molecule has 4 nitrogen and oxygen atoms in total. The van der Waals surface area contributed by atoms with Gasteiger partial charge in [0.05, 0.1) is 11.7 Å². The molecule has 3 aliphatic rings. The van der Waals surface area contributed by atoms with Gasteiger partial charge in [0, 0.05) is 48.6 Å². The minimum absolute atomic E-state index is 0.0300. The molecule has 5 rings (SSSR count). The number of nitrogens with zero attached hydrogens (tertiary/aromatic N) is 1. The second kappa shape index (κ2) is 10.3. The molecule has 3 heterocycles. The monoisotopic (exact) mass is 577 g/mol. The largest absolute Gasteiger partial charge is 0.410 e. The first-order chi connectivity index (χ1) is 18.9. The maximum Gasteiger partial charge on any atom is 0.192 e. The molecule has 226 valence electrons. The Labute approximate surface area is 251 Å². The van der Waals surface area contributed by atoms with E-state index in [1.54, 1.807) is 0 Å². The number of ether oxygens (including phenoxy) is 2. The van der Waals surface area contributed by atoms with Gasteiger partial charge >= 0.3 is 0 Å². The molecule has 2 unspecified atom stereocenters. The van der Waals surface area contributed by atoms with Gasteiger partial charge in [-0.1, -0.05) is 93.5 Å². The molecular weight excluding hydrogens is 522 g/mol. The Morgan fingerprint density at radius 1 is 0.951 bits per heavy atom. The fourth-order valence-electron chi connectivity index (χ4n) is 6.93. The number of hydrogen-bond acceptors (Lipinski definition) is 4. The number of hydrogen-bond donors (Lipinski definition) is 0. The van der Waals surface area contributed by atoms with Gasteiger partial charge in [-0.2, -0.15) is 0 Å². The zero-order valence-corrected chi connectivity index (χ0v) is 29.0. The first kappa shape index (κ1) is 30.9. The van der Waals surface area contributed by atoms with Crippen molar-refractivity contribution in [3.63, 3.8) is 0 Å². The Bertz CT molecular complexity index is 1270. The Morgan fingerprint density at radius 2 is 1.56 bits per heavy atom. The van der Waals surface area contributed by atoms with Crippen LogP contribution in [-0.2, 0) is 31.3 Å². The summed E-state index contributed by atoms with van der Waals surface area (Å²) in [5, 5.41) is 0.132. The molecule has 2 atom stereocenters. The summed E-state index contributed by atoms with van der Waals surface area (Å²) in [7, 11) is -2.05.